The summed E-state index contributed by atoms with van der Waals surface area (Å²) < 4.78 is 24.0. The lowest BCUT2D eigenvalue weighted by molar-refractivity contribution is -0.139. The van der Waals surface area contributed by atoms with Crippen LogP contribution < -0.4 is 19.6 Å². The first-order chi connectivity index (χ1) is 18.7. The van der Waals surface area contributed by atoms with E-state index in [9.17, 15) is 9.59 Å². The number of rotatable bonds is 11. The van der Waals surface area contributed by atoms with E-state index in [0.29, 0.717) is 22.1 Å². The molecule has 0 aliphatic rings. The van der Waals surface area contributed by atoms with Gasteiger partial charge in [0.25, 0.3) is 0 Å². The number of aromatic nitrogens is 1. The normalized spacial score (nSPS) is 11.0. The summed E-state index contributed by atoms with van der Waals surface area (Å²) in [6, 6.07) is 17.9. The third kappa shape index (κ3) is 6.79. The number of furan rings is 1. The Hall–Kier alpha value is -4.70. The lowest BCUT2D eigenvalue weighted by Crippen LogP contribution is -2.17. The molecule has 0 atom stereocenters. The number of methoxy groups -OCH3 is 1. The van der Waals surface area contributed by atoms with Crippen molar-refractivity contribution in [2.24, 2.45) is 5.10 Å². The molecule has 0 spiro atoms. The van der Waals surface area contributed by atoms with Gasteiger partial charge in [-0.3, -0.25) is 4.79 Å². The second kappa shape index (κ2) is 12.2. The molecule has 1 amide bonds. The summed E-state index contributed by atoms with van der Waals surface area (Å²) in [5.74, 6) is -0.282. The first-order valence-electron chi connectivity index (χ1n) is 11.8. The number of hydrogen-bond acceptors (Lipinski definition) is 7. The van der Waals surface area contributed by atoms with Crippen molar-refractivity contribution in [2.45, 2.75) is 20.5 Å². The van der Waals surface area contributed by atoms with E-state index in [1.807, 2.05) is 24.3 Å². The van der Waals surface area contributed by atoms with Crippen molar-refractivity contribution in [2.75, 3.05) is 13.7 Å². The number of carbonyl (C=O) groups is 2. The van der Waals surface area contributed by atoms with Gasteiger partial charge in [0.15, 0.2) is 23.9 Å². The van der Waals surface area contributed by atoms with E-state index in [1.165, 1.54) is 31.5 Å². The van der Waals surface area contributed by atoms with Crippen molar-refractivity contribution in [3.8, 4) is 22.9 Å². The number of nitrogens with one attached hydrogen (secondary N) is 1. The fraction of sp³-hybridized carbons (Fsp3) is 0.179. The Bertz CT molecular complexity index is 1490. The average Bonchev–Trinajstić information content (AvgIpc) is 3.52. The van der Waals surface area contributed by atoms with Gasteiger partial charge in [0.05, 0.1) is 13.3 Å². The molecule has 2 N–H and O–H groups in total. The Balaban J connectivity index is 1.36. The molecule has 0 radical (unpaired) electrons. The second-order valence-corrected chi connectivity index (χ2v) is 8.84. The van der Waals surface area contributed by atoms with E-state index in [1.54, 1.807) is 6.07 Å². The smallest absolute Gasteiger partial charge is 0.341 e. The Morgan fingerprint density at radius 3 is 2.44 bits per heavy atom. The molecular formula is C28H26ClN3O7. The number of carboxylic acids is 1. The Labute approximate surface area is 229 Å². The SMILES string of the molecule is COc1cc(Cl)cc(C=NNC(=O)c2ccc(COc3ccc(-n4c(C)ccc4C)cc3)o2)c1OCC(=O)O. The Kier molecular flexibility index (Phi) is 8.57. The van der Waals surface area contributed by atoms with Crippen molar-refractivity contribution in [3.05, 3.63) is 94.2 Å². The predicted molar refractivity (Wildman–Crippen MR) is 144 cm³/mol. The number of carboxylic acid groups (broad SMARTS) is 1. The largest absolute Gasteiger partial charge is 0.493 e. The molecule has 11 heteroatoms. The minimum Gasteiger partial charge on any atom is -0.493 e. The Morgan fingerprint density at radius 1 is 1.05 bits per heavy atom. The summed E-state index contributed by atoms with van der Waals surface area (Å²) >= 11 is 6.09. The van der Waals surface area contributed by atoms with Crippen molar-refractivity contribution in [1.82, 2.24) is 9.99 Å². The number of aryl methyl sites for hydroxylation is 2. The van der Waals surface area contributed by atoms with E-state index in [4.69, 9.17) is 35.3 Å². The third-order valence-corrected chi connectivity index (χ3v) is 5.83. The monoisotopic (exact) mass is 551 g/mol. The maximum Gasteiger partial charge on any atom is 0.341 e. The molecule has 10 nitrogen and oxygen atoms in total. The van der Waals surface area contributed by atoms with Gasteiger partial charge in [0.1, 0.15) is 18.1 Å². The number of benzene rings is 2. The summed E-state index contributed by atoms with van der Waals surface area (Å²) in [5, 5.41) is 13.1. The zero-order valence-electron chi connectivity index (χ0n) is 21.4. The quantitative estimate of drug-likeness (QED) is 0.195. The molecule has 2 heterocycles. The van der Waals surface area contributed by atoms with Crippen LogP contribution in [-0.4, -0.2) is 41.5 Å². The van der Waals surface area contributed by atoms with Gasteiger partial charge in [-0.1, -0.05) is 11.6 Å². The molecule has 0 fully saturated rings. The van der Waals surface area contributed by atoms with Crippen molar-refractivity contribution >= 4 is 29.7 Å². The maximum absolute atomic E-state index is 12.5. The molecule has 0 saturated carbocycles. The van der Waals surface area contributed by atoms with Crippen molar-refractivity contribution < 1.29 is 33.3 Å². The van der Waals surface area contributed by atoms with Crippen LogP contribution in [0.5, 0.6) is 17.2 Å². The fourth-order valence-corrected chi connectivity index (χ4v) is 4.06. The zero-order chi connectivity index (χ0) is 27.9. The van der Waals surface area contributed by atoms with Crippen LogP contribution in [0.4, 0.5) is 0 Å². The van der Waals surface area contributed by atoms with Crippen molar-refractivity contribution in [1.29, 1.82) is 0 Å². The molecule has 4 aromatic rings. The van der Waals surface area contributed by atoms with Crippen LogP contribution in [-0.2, 0) is 11.4 Å². The van der Waals surface area contributed by atoms with Crippen LogP contribution in [0.2, 0.25) is 5.02 Å². The molecule has 4 rings (SSSR count). The highest BCUT2D eigenvalue weighted by molar-refractivity contribution is 6.31. The topological polar surface area (TPSA) is 125 Å². The summed E-state index contributed by atoms with van der Waals surface area (Å²) in [5.41, 5.74) is 5.99. The number of ether oxygens (including phenoxy) is 3. The third-order valence-electron chi connectivity index (χ3n) is 5.61. The minimum atomic E-state index is -1.17. The summed E-state index contributed by atoms with van der Waals surface area (Å²) in [6.07, 6.45) is 1.26. The first kappa shape index (κ1) is 27.3. The molecule has 2 aromatic heterocycles. The number of nitrogens with zero attached hydrogens (tertiary/aromatic N) is 2. The molecular weight excluding hydrogens is 526 g/mol. The summed E-state index contributed by atoms with van der Waals surface area (Å²) in [6.45, 7) is 3.63. The van der Waals surface area contributed by atoms with Gasteiger partial charge >= 0.3 is 11.9 Å². The van der Waals surface area contributed by atoms with Crippen LogP contribution in [0.15, 0.2) is 70.2 Å². The van der Waals surface area contributed by atoms with Crippen LogP contribution in [0.1, 0.15) is 33.3 Å². The average molecular weight is 552 g/mol. The highest BCUT2D eigenvalue weighted by atomic mass is 35.5. The van der Waals surface area contributed by atoms with Gasteiger partial charge < -0.3 is 28.3 Å². The second-order valence-electron chi connectivity index (χ2n) is 8.41. The number of hydrazone groups is 1. The number of hydrogen-bond donors (Lipinski definition) is 2. The lowest BCUT2D eigenvalue weighted by atomic mass is 10.2. The highest BCUT2D eigenvalue weighted by Crippen LogP contribution is 2.34. The van der Waals surface area contributed by atoms with Gasteiger partial charge in [-0.05, 0) is 68.4 Å². The van der Waals surface area contributed by atoms with Crippen LogP contribution in [0.25, 0.3) is 5.69 Å². The lowest BCUT2D eigenvalue weighted by Gasteiger charge is -2.12. The zero-order valence-corrected chi connectivity index (χ0v) is 22.2. The number of carbonyl (C=O) groups excluding carboxylic acids is 1. The highest BCUT2D eigenvalue weighted by Gasteiger charge is 2.15. The van der Waals surface area contributed by atoms with E-state index >= 15 is 0 Å². The molecule has 0 aliphatic heterocycles. The Morgan fingerprint density at radius 2 is 1.77 bits per heavy atom. The molecule has 202 valence electrons. The molecule has 39 heavy (non-hydrogen) atoms. The van der Waals surface area contributed by atoms with Crippen LogP contribution in [0, 0.1) is 13.8 Å². The first-order valence-corrected chi connectivity index (χ1v) is 12.2. The van der Waals surface area contributed by atoms with Gasteiger partial charge in [0.2, 0.25) is 0 Å². The van der Waals surface area contributed by atoms with Crippen LogP contribution in [0.3, 0.4) is 0 Å². The minimum absolute atomic E-state index is 0.0330. The molecule has 0 saturated heterocycles. The van der Waals surface area contributed by atoms with E-state index < -0.39 is 18.5 Å². The maximum atomic E-state index is 12.5. The number of amides is 1. The fourth-order valence-electron chi connectivity index (χ4n) is 3.84. The summed E-state index contributed by atoms with van der Waals surface area (Å²) in [7, 11) is 1.39. The molecule has 2 aromatic carbocycles. The van der Waals surface area contributed by atoms with Gasteiger partial charge in [0, 0.05) is 33.7 Å². The van der Waals surface area contributed by atoms with Gasteiger partial charge in [-0.15, -0.1) is 0 Å². The van der Waals surface area contributed by atoms with Crippen molar-refractivity contribution in [3.63, 3.8) is 0 Å². The molecule has 0 aliphatic carbocycles. The van der Waals surface area contributed by atoms with Gasteiger partial charge in [-0.2, -0.15) is 5.10 Å². The standard InChI is InChI=1S/C28H26ClN3O7/c1-17-4-5-18(2)32(17)21-6-8-22(9-7-21)37-15-23-10-11-24(39-23)28(35)31-30-14-19-12-20(29)13-25(36-3)27(19)38-16-26(33)34/h4-14H,15-16H2,1-3H3,(H,31,35)(H,33,34). The van der Waals surface area contributed by atoms with Gasteiger partial charge in [-0.25, -0.2) is 10.2 Å². The van der Waals surface area contributed by atoms with Crippen LogP contribution >= 0.6 is 11.6 Å². The number of halogens is 1. The number of aliphatic carboxylic acids is 1. The van der Waals surface area contributed by atoms with E-state index in [0.717, 1.165) is 17.1 Å². The predicted octanol–water partition coefficient (Wildman–Crippen LogP) is 5.16. The molecule has 0 unspecified atom stereocenters. The van der Waals surface area contributed by atoms with E-state index in [-0.39, 0.29) is 23.9 Å². The van der Waals surface area contributed by atoms with E-state index in [2.05, 4.69) is 41.1 Å². The molecule has 0 bridgehead atoms. The summed E-state index contributed by atoms with van der Waals surface area (Å²) in [4.78, 5) is 23.4.